The van der Waals surface area contributed by atoms with Crippen LogP contribution in [-0.2, 0) is 4.74 Å². The molecule has 0 aromatic carbocycles. The quantitative estimate of drug-likeness (QED) is 0.800. The van der Waals surface area contributed by atoms with Crippen molar-refractivity contribution in [1.82, 2.24) is 9.88 Å². The van der Waals surface area contributed by atoms with E-state index < -0.39 is 0 Å². The molecule has 132 valence electrons. The Morgan fingerprint density at radius 1 is 1.29 bits per heavy atom. The predicted octanol–water partition coefficient (Wildman–Crippen LogP) is 3.27. The Bertz CT molecular complexity index is 556. The van der Waals surface area contributed by atoms with E-state index in [0.29, 0.717) is 12.5 Å². The smallest absolute Gasteiger partial charge is 0.250 e. The Morgan fingerprint density at radius 3 is 2.88 bits per heavy atom. The van der Waals surface area contributed by atoms with Gasteiger partial charge in [0.2, 0.25) is 5.88 Å². The molecule has 1 spiro atoms. The molecule has 1 aromatic heterocycles. The number of ether oxygens (including phenoxy) is 2. The second-order valence-electron chi connectivity index (χ2n) is 7.57. The van der Waals surface area contributed by atoms with E-state index in [4.69, 9.17) is 9.47 Å². The lowest BCUT2D eigenvalue weighted by Crippen LogP contribution is -2.48. The molecule has 3 aliphatic rings. The molecule has 4 rings (SSSR count). The third kappa shape index (κ3) is 3.57. The van der Waals surface area contributed by atoms with Crippen LogP contribution in [0, 0.1) is 17.7 Å². The molecule has 4 nitrogen and oxygen atoms in total. The summed E-state index contributed by atoms with van der Waals surface area (Å²) in [5, 5.41) is 0. The molecule has 0 N–H and O–H groups in total. The first-order valence-corrected chi connectivity index (χ1v) is 9.35. The lowest BCUT2D eigenvalue weighted by Gasteiger charge is -2.42. The number of nitrogens with zero attached hydrogens (tertiary/aromatic N) is 2. The van der Waals surface area contributed by atoms with Gasteiger partial charge in [0, 0.05) is 32.4 Å². The van der Waals surface area contributed by atoms with Gasteiger partial charge in [-0.05, 0) is 62.5 Å². The molecule has 5 heteroatoms. The molecule has 2 aliphatic heterocycles. The summed E-state index contributed by atoms with van der Waals surface area (Å²) >= 11 is 0. The largest absolute Gasteiger partial charge is 0.476 e. The van der Waals surface area contributed by atoms with E-state index in [1.807, 2.05) is 0 Å². The number of pyridine rings is 1. The van der Waals surface area contributed by atoms with Crippen LogP contribution in [0.15, 0.2) is 18.3 Å². The zero-order chi connectivity index (χ0) is 16.4. The summed E-state index contributed by atoms with van der Waals surface area (Å²) in [7, 11) is 0. The lowest BCUT2D eigenvalue weighted by molar-refractivity contribution is -0.0702. The molecule has 0 bridgehead atoms. The van der Waals surface area contributed by atoms with Crippen LogP contribution in [0.2, 0.25) is 0 Å². The number of halogens is 1. The van der Waals surface area contributed by atoms with Crippen LogP contribution >= 0.6 is 0 Å². The van der Waals surface area contributed by atoms with E-state index in [0.717, 1.165) is 51.3 Å². The van der Waals surface area contributed by atoms with Crippen molar-refractivity contribution in [2.45, 2.75) is 44.1 Å². The first kappa shape index (κ1) is 16.3. The average Bonchev–Trinajstić information content (AvgIpc) is 3.33. The Labute approximate surface area is 143 Å². The normalized spacial score (nSPS) is 26.8. The summed E-state index contributed by atoms with van der Waals surface area (Å²) in [6.45, 7) is 4.95. The molecule has 0 radical (unpaired) electrons. The minimum absolute atomic E-state index is 0.0338. The van der Waals surface area contributed by atoms with Gasteiger partial charge >= 0.3 is 0 Å². The summed E-state index contributed by atoms with van der Waals surface area (Å²) in [6, 6.07) is 2.97. The zero-order valence-electron chi connectivity index (χ0n) is 14.3. The van der Waals surface area contributed by atoms with Gasteiger partial charge < -0.3 is 14.4 Å². The number of piperidine rings is 1. The van der Waals surface area contributed by atoms with Crippen LogP contribution in [-0.4, -0.2) is 48.3 Å². The van der Waals surface area contributed by atoms with Crippen molar-refractivity contribution in [2.24, 2.45) is 11.8 Å². The number of rotatable bonds is 6. The van der Waals surface area contributed by atoms with Gasteiger partial charge in [-0.25, -0.2) is 9.37 Å². The molecule has 2 saturated heterocycles. The second-order valence-corrected chi connectivity index (χ2v) is 7.57. The Hall–Kier alpha value is -1.20. The standard InChI is InChI=1S/C19H27FN2O2/c20-17-2-1-9-21-18(17)23-12-5-16-6-13-24-19(16)7-10-22(11-8-19)14-15-3-4-15/h1-2,9,15-16H,3-8,10-14H2. The number of hydrogen-bond acceptors (Lipinski definition) is 4. The topological polar surface area (TPSA) is 34.6 Å². The van der Waals surface area contributed by atoms with Gasteiger partial charge in [0.05, 0.1) is 12.2 Å². The minimum Gasteiger partial charge on any atom is -0.476 e. The van der Waals surface area contributed by atoms with Crippen molar-refractivity contribution >= 4 is 0 Å². The van der Waals surface area contributed by atoms with Gasteiger partial charge in [0.1, 0.15) is 0 Å². The lowest BCUT2D eigenvalue weighted by atomic mass is 9.78. The molecule has 1 unspecified atom stereocenters. The molecule has 1 aromatic rings. The van der Waals surface area contributed by atoms with Crippen molar-refractivity contribution in [1.29, 1.82) is 0 Å². The zero-order valence-corrected chi connectivity index (χ0v) is 14.3. The Kier molecular flexibility index (Phi) is 4.72. The van der Waals surface area contributed by atoms with Crippen molar-refractivity contribution in [3.63, 3.8) is 0 Å². The van der Waals surface area contributed by atoms with Gasteiger partial charge in [-0.3, -0.25) is 0 Å². The highest BCUT2D eigenvalue weighted by atomic mass is 19.1. The monoisotopic (exact) mass is 334 g/mol. The first-order chi connectivity index (χ1) is 11.8. The molecule has 1 aliphatic carbocycles. The molecule has 1 atom stereocenters. The average molecular weight is 334 g/mol. The van der Waals surface area contributed by atoms with E-state index >= 15 is 0 Å². The van der Waals surface area contributed by atoms with Crippen molar-refractivity contribution in [3.05, 3.63) is 24.1 Å². The fourth-order valence-corrected chi connectivity index (χ4v) is 4.30. The van der Waals surface area contributed by atoms with E-state index in [9.17, 15) is 4.39 Å². The SMILES string of the molecule is Fc1cccnc1OCCC1CCOC12CCN(CC1CC1)CC2. The number of likely N-dealkylation sites (tertiary alicyclic amines) is 1. The summed E-state index contributed by atoms with van der Waals surface area (Å²) in [5.41, 5.74) is 0.0338. The predicted molar refractivity (Wildman–Crippen MR) is 89.5 cm³/mol. The highest BCUT2D eigenvalue weighted by molar-refractivity contribution is 5.12. The van der Waals surface area contributed by atoms with Crippen LogP contribution < -0.4 is 4.74 Å². The van der Waals surface area contributed by atoms with E-state index in [-0.39, 0.29) is 17.3 Å². The molecule has 3 heterocycles. The number of hydrogen-bond donors (Lipinski definition) is 0. The van der Waals surface area contributed by atoms with Crippen LogP contribution in [0.4, 0.5) is 4.39 Å². The van der Waals surface area contributed by atoms with Gasteiger partial charge in [-0.1, -0.05) is 0 Å². The van der Waals surface area contributed by atoms with E-state index in [1.165, 1.54) is 25.5 Å². The van der Waals surface area contributed by atoms with Crippen molar-refractivity contribution < 1.29 is 13.9 Å². The molecule has 0 amide bonds. The third-order valence-electron chi connectivity index (χ3n) is 5.95. The van der Waals surface area contributed by atoms with Crippen LogP contribution in [0.1, 0.15) is 38.5 Å². The molecule has 1 saturated carbocycles. The molecule has 24 heavy (non-hydrogen) atoms. The minimum atomic E-state index is -0.386. The molecule has 3 fully saturated rings. The van der Waals surface area contributed by atoms with Gasteiger partial charge in [0.25, 0.3) is 0 Å². The highest BCUT2D eigenvalue weighted by Gasteiger charge is 2.46. The van der Waals surface area contributed by atoms with Crippen molar-refractivity contribution in [2.75, 3.05) is 32.8 Å². The van der Waals surface area contributed by atoms with Crippen LogP contribution in [0.3, 0.4) is 0 Å². The van der Waals surface area contributed by atoms with Gasteiger partial charge in [-0.2, -0.15) is 0 Å². The number of aromatic nitrogens is 1. The van der Waals surface area contributed by atoms with E-state index in [2.05, 4.69) is 9.88 Å². The summed E-state index contributed by atoms with van der Waals surface area (Å²) < 4.78 is 25.4. The summed E-state index contributed by atoms with van der Waals surface area (Å²) in [4.78, 5) is 6.57. The first-order valence-electron chi connectivity index (χ1n) is 9.35. The fraction of sp³-hybridized carbons (Fsp3) is 0.737. The Balaban J connectivity index is 1.28. The second kappa shape index (κ2) is 6.96. The Morgan fingerprint density at radius 2 is 2.12 bits per heavy atom. The van der Waals surface area contributed by atoms with E-state index in [1.54, 1.807) is 12.3 Å². The van der Waals surface area contributed by atoms with Gasteiger partial charge in [0.15, 0.2) is 5.82 Å². The fourth-order valence-electron chi connectivity index (χ4n) is 4.30. The summed E-state index contributed by atoms with van der Waals surface area (Å²) in [5.74, 6) is 1.21. The molecular weight excluding hydrogens is 307 g/mol. The molecular formula is C19H27FN2O2. The van der Waals surface area contributed by atoms with Crippen LogP contribution in [0.25, 0.3) is 0 Å². The van der Waals surface area contributed by atoms with Crippen molar-refractivity contribution in [3.8, 4) is 5.88 Å². The maximum Gasteiger partial charge on any atom is 0.250 e. The third-order valence-corrected chi connectivity index (χ3v) is 5.95. The van der Waals surface area contributed by atoms with Gasteiger partial charge in [-0.15, -0.1) is 0 Å². The maximum atomic E-state index is 13.6. The van der Waals surface area contributed by atoms with Crippen LogP contribution in [0.5, 0.6) is 5.88 Å². The maximum absolute atomic E-state index is 13.6. The summed E-state index contributed by atoms with van der Waals surface area (Å²) in [6.07, 6.45) is 8.67. The highest BCUT2D eigenvalue weighted by Crippen LogP contribution is 2.43.